The number of halogens is 3. The van der Waals surface area contributed by atoms with Crippen LogP contribution in [-0.2, 0) is 6.18 Å². The van der Waals surface area contributed by atoms with Gasteiger partial charge in [0.15, 0.2) is 5.76 Å². The molecule has 3 heterocycles. The number of hydrogen-bond donors (Lipinski definition) is 0. The quantitative estimate of drug-likeness (QED) is 0.556. The van der Waals surface area contributed by atoms with Gasteiger partial charge in [-0.3, -0.25) is 0 Å². The topological polar surface area (TPSA) is 56.2 Å². The van der Waals surface area contributed by atoms with Crippen molar-refractivity contribution >= 4 is 5.78 Å². The molecule has 8 heteroatoms. The Labute approximate surface area is 133 Å². The van der Waals surface area contributed by atoms with Crippen molar-refractivity contribution in [1.29, 1.82) is 0 Å². The highest BCUT2D eigenvalue weighted by atomic mass is 19.4. The minimum atomic E-state index is -4.65. The predicted molar refractivity (Wildman–Crippen MR) is 78.9 cm³/mol. The minimum Gasteiger partial charge on any atom is -0.463 e. The van der Waals surface area contributed by atoms with E-state index < -0.39 is 12.0 Å². The Hall–Kier alpha value is -3.16. The summed E-state index contributed by atoms with van der Waals surface area (Å²) in [5.41, 5.74) is 1.51. The summed E-state index contributed by atoms with van der Waals surface area (Å²) in [5, 5.41) is 3.57. The van der Waals surface area contributed by atoms with Crippen LogP contribution in [0.1, 0.15) is 5.82 Å². The van der Waals surface area contributed by atoms with Crippen molar-refractivity contribution in [2.45, 2.75) is 6.18 Å². The Morgan fingerprint density at radius 2 is 1.75 bits per heavy atom. The third kappa shape index (κ3) is 2.41. The molecule has 3 aromatic heterocycles. The molecule has 0 spiro atoms. The van der Waals surface area contributed by atoms with Gasteiger partial charge in [-0.05, 0) is 18.2 Å². The summed E-state index contributed by atoms with van der Waals surface area (Å²) in [5.74, 6) is -0.940. The molecule has 0 saturated heterocycles. The van der Waals surface area contributed by atoms with E-state index in [0.717, 1.165) is 4.52 Å². The van der Waals surface area contributed by atoms with Gasteiger partial charge < -0.3 is 4.42 Å². The molecule has 0 aliphatic heterocycles. The van der Waals surface area contributed by atoms with Crippen LogP contribution < -0.4 is 0 Å². The lowest BCUT2D eigenvalue weighted by molar-refractivity contribution is -0.144. The van der Waals surface area contributed by atoms with Crippen molar-refractivity contribution in [3.63, 3.8) is 0 Å². The molecule has 0 radical (unpaired) electrons. The first-order valence-corrected chi connectivity index (χ1v) is 6.97. The number of aromatic nitrogens is 4. The molecule has 0 atom stereocenters. The number of benzene rings is 1. The van der Waals surface area contributed by atoms with E-state index in [1.54, 1.807) is 42.5 Å². The zero-order chi connectivity index (χ0) is 16.7. The highest BCUT2D eigenvalue weighted by Gasteiger charge is 2.37. The Morgan fingerprint density at radius 1 is 0.958 bits per heavy atom. The van der Waals surface area contributed by atoms with Gasteiger partial charge in [0.1, 0.15) is 5.69 Å². The van der Waals surface area contributed by atoms with E-state index in [1.165, 1.54) is 6.26 Å². The third-order valence-electron chi connectivity index (χ3n) is 3.41. The molecular formula is C16H9F3N4O. The SMILES string of the molecule is FC(F)(F)c1nc2nc(-c3ccco3)cc(-c3ccccc3)n2n1. The van der Waals surface area contributed by atoms with E-state index in [0.29, 0.717) is 22.7 Å². The van der Waals surface area contributed by atoms with Crippen LogP contribution in [0.25, 0.3) is 28.5 Å². The lowest BCUT2D eigenvalue weighted by Gasteiger charge is -2.06. The van der Waals surface area contributed by atoms with Crippen LogP contribution in [0.4, 0.5) is 13.2 Å². The number of furan rings is 1. The summed E-state index contributed by atoms with van der Waals surface area (Å²) in [6, 6.07) is 13.9. The summed E-state index contributed by atoms with van der Waals surface area (Å²) in [7, 11) is 0. The second kappa shape index (κ2) is 5.19. The lowest BCUT2D eigenvalue weighted by Crippen LogP contribution is -2.07. The maximum atomic E-state index is 12.9. The zero-order valence-electron chi connectivity index (χ0n) is 12.0. The molecule has 0 aliphatic rings. The first kappa shape index (κ1) is 14.4. The van der Waals surface area contributed by atoms with Crippen molar-refractivity contribution in [3.05, 3.63) is 60.6 Å². The highest BCUT2D eigenvalue weighted by molar-refractivity contribution is 5.68. The molecule has 0 saturated carbocycles. The van der Waals surface area contributed by atoms with E-state index in [-0.39, 0.29) is 5.78 Å². The fraction of sp³-hybridized carbons (Fsp3) is 0.0625. The van der Waals surface area contributed by atoms with Crippen LogP contribution in [0.2, 0.25) is 0 Å². The van der Waals surface area contributed by atoms with Gasteiger partial charge in [-0.25, -0.2) is 4.98 Å². The van der Waals surface area contributed by atoms with E-state index in [1.807, 2.05) is 6.07 Å². The van der Waals surface area contributed by atoms with Crippen LogP contribution in [0.3, 0.4) is 0 Å². The summed E-state index contributed by atoms with van der Waals surface area (Å²) in [6.07, 6.45) is -3.18. The number of nitrogens with zero attached hydrogens (tertiary/aromatic N) is 4. The smallest absolute Gasteiger partial charge is 0.453 e. The second-order valence-corrected chi connectivity index (χ2v) is 5.01. The summed E-state index contributed by atoms with van der Waals surface area (Å²) >= 11 is 0. The van der Waals surface area contributed by atoms with Crippen LogP contribution >= 0.6 is 0 Å². The lowest BCUT2D eigenvalue weighted by atomic mass is 10.1. The average molecular weight is 330 g/mol. The zero-order valence-corrected chi connectivity index (χ0v) is 12.0. The first-order chi connectivity index (χ1) is 11.5. The monoisotopic (exact) mass is 330 g/mol. The van der Waals surface area contributed by atoms with E-state index in [9.17, 15) is 13.2 Å². The van der Waals surface area contributed by atoms with Crippen LogP contribution in [0.15, 0.2) is 59.2 Å². The van der Waals surface area contributed by atoms with Crippen molar-refractivity contribution in [1.82, 2.24) is 19.6 Å². The summed E-state index contributed by atoms with van der Waals surface area (Å²) in [4.78, 5) is 7.65. The molecule has 0 amide bonds. The van der Waals surface area contributed by atoms with Gasteiger partial charge in [-0.15, -0.1) is 5.10 Å². The fourth-order valence-electron chi connectivity index (χ4n) is 2.35. The Balaban J connectivity index is 2.02. The van der Waals surface area contributed by atoms with Gasteiger partial charge in [-0.1, -0.05) is 30.3 Å². The molecule has 4 rings (SSSR count). The average Bonchev–Trinajstić information content (AvgIpc) is 3.23. The number of alkyl halides is 3. The van der Waals surface area contributed by atoms with Gasteiger partial charge >= 0.3 is 6.18 Å². The summed E-state index contributed by atoms with van der Waals surface area (Å²) in [6.45, 7) is 0. The fourth-order valence-corrected chi connectivity index (χ4v) is 2.35. The van der Waals surface area contributed by atoms with Gasteiger partial charge in [0, 0.05) is 5.56 Å². The minimum absolute atomic E-state index is 0.143. The van der Waals surface area contributed by atoms with Crippen molar-refractivity contribution < 1.29 is 17.6 Å². The van der Waals surface area contributed by atoms with Gasteiger partial charge in [-0.2, -0.15) is 22.7 Å². The normalized spacial score (nSPS) is 12.0. The van der Waals surface area contributed by atoms with E-state index in [2.05, 4.69) is 15.1 Å². The Kier molecular flexibility index (Phi) is 3.12. The van der Waals surface area contributed by atoms with Gasteiger partial charge in [0.05, 0.1) is 12.0 Å². The molecule has 120 valence electrons. The number of hydrogen-bond acceptors (Lipinski definition) is 4. The van der Waals surface area contributed by atoms with E-state index >= 15 is 0 Å². The summed E-state index contributed by atoms with van der Waals surface area (Å²) < 4.78 is 45.2. The molecule has 4 aromatic rings. The molecular weight excluding hydrogens is 321 g/mol. The first-order valence-electron chi connectivity index (χ1n) is 6.97. The third-order valence-corrected chi connectivity index (χ3v) is 3.41. The number of fused-ring (bicyclic) bond motifs is 1. The van der Waals surface area contributed by atoms with Crippen molar-refractivity contribution in [3.8, 4) is 22.7 Å². The van der Waals surface area contributed by atoms with Crippen molar-refractivity contribution in [2.24, 2.45) is 0 Å². The van der Waals surface area contributed by atoms with Crippen molar-refractivity contribution in [2.75, 3.05) is 0 Å². The predicted octanol–water partition coefficient (Wildman–Crippen LogP) is 4.07. The van der Waals surface area contributed by atoms with E-state index in [4.69, 9.17) is 4.42 Å². The van der Waals surface area contributed by atoms with Crippen LogP contribution in [0, 0.1) is 0 Å². The number of rotatable bonds is 2. The standard InChI is InChI=1S/C16H9F3N4O/c17-16(18,19)14-21-15-20-11(13-7-4-8-24-13)9-12(23(15)22-14)10-5-2-1-3-6-10/h1-9H. The maximum Gasteiger partial charge on any atom is 0.453 e. The molecule has 0 fully saturated rings. The largest absolute Gasteiger partial charge is 0.463 e. The molecule has 0 N–H and O–H groups in total. The molecule has 0 aliphatic carbocycles. The van der Waals surface area contributed by atoms with Gasteiger partial charge in [0.2, 0.25) is 0 Å². The molecule has 0 unspecified atom stereocenters. The van der Waals surface area contributed by atoms with Gasteiger partial charge in [0.25, 0.3) is 11.6 Å². The molecule has 24 heavy (non-hydrogen) atoms. The molecule has 0 bridgehead atoms. The van der Waals surface area contributed by atoms with Crippen LogP contribution in [-0.4, -0.2) is 19.6 Å². The Bertz CT molecular complexity index is 992. The highest BCUT2D eigenvalue weighted by Crippen LogP contribution is 2.30. The maximum absolute atomic E-state index is 12.9. The molecule has 5 nitrogen and oxygen atoms in total. The van der Waals surface area contributed by atoms with Crippen LogP contribution in [0.5, 0.6) is 0 Å². The molecule has 1 aromatic carbocycles. The second-order valence-electron chi connectivity index (χ2n) is 5.01. The Morgan fingerprint density at radius 3 is 2.42 bits per heavy atom.